The van der Waals surface area contributed by atoms with Gasteiger partial charge in [-0.2, -0.15) is 0 Å². The van der Waals surface area contributed by atoms with E-state index in [0.29, 0.717) is 17.1 Å². The monoisotopic (exact) mass is 191 g/mol. The van der Waals surface area contributed by atoms with Crippen molar-refractivity contribution in [3.8, 4) is 0 Å². The first-order valence-electron chi connectivity index (χ1n) is 4.55. The molecule has 0 spiro atoms. The third-order valence-electron chi connectivity index (χ3n) is 2.57. The van der Waals surface area contributed by atoms with Crippen molar-refractivity contribution in [1.82, 2.24) is 14.6 Å². The maximum atomic E-state index is 11.1. The van der Waals surface area contributed by atoms with Crippen LogP contribution in [0.5, 0.6) is 0 Å². The molecule has 1 saturated carbocycles. The number of carboxylic acid groups (broad SMARTS) is 1. The predicted molar refractivity (Wildman–Crippen MR) is 48.5 cm³/mol. The molecule has 0 unspecified atom stereocenters. The lowest BCUT2D eigenvalue weighted by Gasteiger charge is -1.93. The Morgan fingerprint density at radius 3 is 3.07 bits per heavy atom. The average Bonchev–Trinajstić information content (AvgIpc) is 2.75. The van der Waals surface area contributed by atoms with Gasteiger partial charge in [0, 0.05) is 18.3 Å². The van der Waals surface area contributed by atoms with Crippen molar-refractivity contribution in [3.05, 3.63) is 23.7 Å². The number of fused-ring (bicyclic) bond motifs is 1. The van der Waals surface area contributed by atoms with Crippen LogP contribution < -0.4 is 0 Å². The first-order chi connectivity index (χ1) is 6.77. The molecule has 14 heavy (non-hydrogen) atoms. The van der Waals surface area contributed by atoms with Gasteiger partial charge in [-0.15, -0.1) is 0 Å². The van der Waals surface area contributed by atoms with E-state index in [9.17, 15) is 4.79 Å². The van der Waals surface area contributed by atoms with Crippen molar-refractivity contribution in [3.63, 3.8) is 0 Å². The minimum absolute atomic E-state index is 0.331. The fourth-order valence-corrected chi connectivity index (χ4v) is 1.76. The van der Waals surface area contributed by atoms with E-state index in [1.54, 1.807) is 16.9 Å². The van der Waals surface area contributed by atoms with Gasteiger partial charge in [-0.25, -0.2) is 14.3 Å². The number of imidazole rings is 1. The first kappa shape index (κ1) is 7.61. The molecule has 0 atom stereocenters. The molecule has 2 heterocycles. The highest BCUT2D eigenvalue weighted by molar-refractivity contribution is 5.96. The van der Waals surface area contributed by atoms with E-state index in [1.165, 1.54) is 0 Å². The Morgan fingerprint density at radius 2 is 2.43 bits per heavy atom. The molecule has 0 bridgehead atoms. The normalized spacial score (nSPS) is 16.3. The molecule has 1 fully saturated rings. The highest BCUT2D eigenvalue weighted by Crippen LogP contribution is 2.41. The van der Waals surface area contributed by atoms with Gasteiger partial charge >= 0.3 is 5.97 Å². The van der Waals surface area contributed by atoms with E-state index in [4.69, 9.17) is 5.11 Å². The molecular weight excluding hydrogens is 182 g/mol. The van der Waals surface area contributed by atoms with Gasteiger partial charge in [0.05, 0.1) is 5.69 Å². The second-order valence-electron chi connectivity index (χ2n) is 3.60. The third kappa shape index (κ3) is 0.891. The summed E-state index contributed by atoms with van der Waals surface area (Å²) < 4.78 is 1.66. The van der Waals surface area contributed by atoms with E-state index < -0.39 is 5.97 Å². The van der Waals surface area contributed by atoms with Gasteiger partial charge in [-0.1, -0.05) is 0 Å². The molecule has 0 aliphatic heterocycles. The number of H-pyrrole nitrogens is 1. The van der Waals surface area contributed by atoms with Crippen LogP contribution in [0.15, 0.2) is 12.4 Å². The minimum Gasteiger partial charge on any atom is -0.477 e. The molecule has 5 heteroatoms. The highest BCUT2D eigenvalue weighted by atomic mass is 16.4. The van der Waals surface area contributed by atoms with Gasteiger partial charge in [0.15, 0.2) is 5.65 Å². The molecule has 0 radical (unpaired) electrons. The summed E-state index contributed by atoms with van der Waals surface area (Å²) in [5.41, 5.74) is 1.66. The van der Waals surface area contributed by atoms with Gasteiger partial charge in [0.25, 0.3) is 0 Å². The summed E-state index contributed by atoms with van der Waals surface area (Å²) in [6.07, 6.45) is 5.47. The zero-order valence-corrected chi connectivity index (χ0v) is 7.40. The second-order valence-corrected chi connectivity index (χ2v) is 3.60. The highest BCUT2D eigenvalue weighted by Gasteiger charge is 2.32. The standard InChI is InChI=1S/C9H9N3O2/c13-9(14)6-7(5-1-2-5)11-12-4-3-10-8(6)12/h3-5,11H,1-2H2,(H,13,14). The van der Waals surface area contributed by atoms with Crippen molar-refractivity contribution in [2.24, 2.45) is 0 Å². The average molecular weight is 191 g/mol. The lowest BCUT2D eigenvalue weighted by atomic mass is 10.2. The van der Waals surface area contributed by atoms with E-state index in [1.807, 2.05) is 0 Å². The Kier molecular flexibility index (Phi) is 1.29. The topological polar surface area (TPSA) is 70.4 Å². The summed E-state index contributed by atoms with van der Waals surface area (Å²) in [5, 5.41) is 12.1. The van der Waals surface area contributed by atoms with Crippen LogP contribution in [0.4, 0.5) is 0 Å². The first-order valence-corrected chi connectivity index (χ1v) is 4.55. The summed E-state index contributed by atoms with van der Waals surface area (Å²) in [6, 6.07) is 0. The SMILES string of the molecule is O=C(O)c1c(C2CC2)[nH]n2ccnc12. The Hall–Kier alpha value is -1.78. The number of carboxylic acids is 1. The summed E-state index contributed by atoms with van der Waals surface area (Å²) in [4.78, 5) is 15.1. The fourth-order valence-electron chi connectivity index (χ4n) is 1.76. The molecule has 1 aliphatic carbocycles. The predicted octanol–water partition coefficient (Wildman–Crippen LogP) is 1.24. The number of aromatic nitrogens is 3. The van der Waals surface area contributed by atoms with Crippen molar-refractivity contribution in [1.29, 1.82) is 0 Å². The molecule has 0 saturated heterocycles. The third-order valence-corrected chi connectivity index (χ3v) is 2.57. The van der Waals surface area contributed by atoms with E-state index in [0.717, 1.165) is 18.5 Å². The quantitative estimate of drug-likeness (QED) is 0.750. The Morgan fingerprint density at radius 1 is 1.64 bits per heavy atom. The smallest absolute Gasteiger partial charge is 0.341 e. The lowest BCUT2D eigenvalue weighted by Crippen LogP contribution is -1.99. The molecule has 2 aromatic heterocycles. The van der Waals surface area contributed by atoms with Gasteiger partial charge in [0.2, 0.25) is 0 Å². The van der Waals surface area contributed by atoms with Crippen LogP contribution in [0.3, 0.4) is 0 Å². The second kappa shape index (κ2) is 2.37. The lowest BCUT2D eigenvalue weighted by molar-refractivity contribution is 0.0697. The van der Waals surface area contributed by atoms with Crippen LogP contribution >= 0.6 is 0 Å². The van der Waals surface area contributed by atoms with Crippen LogP contribution in [0.1, 0.15) is 34.8 Å². The minimum atomic E-state index is -0.899. The summed E-state index contributed by atoms with van der Waals surface area (Å²) in [6.45, 7) is 0. The van der Waals surface area contributed by atoms with Crippen LogP contribution in [-0.4, -0.2) is 25.7 Å². The Bertz CT molecular complexity index is 507. The van der Waals surface area contributed by atoms with Gasteiger partial charge in [-0.05, 0) is 12.8 Å². The number of aromatic carboxylic acids is 1. The van der Waals surface area contributed by atoms with Crippen molar-refractivity contribution in [2.75, 3.05) is 0 Å². The Balaban J connectivity index is 2.31. The number of rotatable bonds is 2. The van der Waals surface area contributed by atoms with Gasteiger partial charge in [0.1, 0.15) is 5.56 Å². The number of carbonyl (C=O) groups is 1. The molecule has 0 amide bonds. The molecule has 72 valence electrons. The maximum absolute atomic E-state index is 11.1. The van der Waals surface area contributed by atoms with Crippen molar-refractivity contribution in [2.45, 2.75) is 18.8 Å². The molecule has 5 nitrogen and oxygen atoms in total. The zero-order valence-electron chi connectivity index (χ0n) is 7.40. The van der Waals surface area contributed by atoms with Gasteiger partial charge in [-0.3, -0.25) is 5.10 Å². The number of aromatic amines is 1. The van der Waals surface area contributed by atoms with Crippen LogP contribution in [-0.2, 0) is 0 Å². The molecule has 1 aliphatic rings. The van der Waals surface area contributed by atoms with E-state index >= 15 is 0 Å². The maximum Gasteiger partial charge on any atom is 0.341 e. The van der Waals surface area contributed by atoms with Crippen LogP contribution in [0.25, 0.3) is 5.65 Å². The summed E-state index contributed by atoms with van der Waals surface area (Å²) in [7, 11) is 0. The largest absolute Gasteiger partial charge is 0.477 e. The van der Waals surface area contributed by atoms with E-state index in [-0.39, 0.29) is 0 Å². The van der Waals surface area contributed by atoms with Crippen LogP contribution in [0, 0.1) is 0 Å². The molecule has 3 rings (SSSR count). The number of nitrogens with one attached hydrogen (secondary N) is 1. The van der Waals surface area contributed by atoms with Crippen molar-refractivity contribution >= 4 is 11.6 Å². The molecular formula is C9H9N3O2. The van der Waals surface area contributed by atoms with Gasteiger partial charge < -0.3 is 5.11 Å². The molecule has 0 aromatic carbocycles. The number of hydrogen-bond acceptors (Lipinski definition) is 2. The van der Waals surface area contributed by atoms with Crippen molar-refractivity contribution < 1.29 is 9.90 Å². The summed E-state index contributed by atoms with van der Waals surface area (Å²) >= 11 is 0. The zero-order chi connectivity index (χ0) is 9.71. The number of hydrogen-bond donors (Lipinski definition) is 2. The van der Waals surface area contributed by atoms with Crippen LogP contribution in [0.2, 0.25) is 0 Å². The molecule has 2 aromatic rings. The molecule has 2 N–H and O–H groups in total. The fraction of sp³-hybridized carbons (Fsp3) is 0.333. The van der Waals surface area contributed by atoms with E-state index in [2.05, 4.69) is 10.1 Å². The number of nitrogens with zero attached hydrogens (tertiary/aromatic N) is 2. The Labute approximate surface area is 79.4 Å². The summed E-state index contributed by atoms with van der Waals surface area (Å²) in [5.74, 6) is -0.507.